The predicted molar refractivity (Wildman–Crippen MR) is 90.4 cm³/mol. The summed E-state index contributed by atoms with van der Waals surface area (Å²) in [5.74, 6) is 2.56. The van der Waals surface area contributed by atoms with Gasteiger partial charge in [0.15, 0.2) is 0 Å². The van der Waals surface area contributed by atoms with Gasteiger partial charge in [-0.1, -0.05) is 12.1 Å². The highest BCUT2D eigenvalue weighted by molar-refractivity contribution is 5.93. The Balaban J connectivity index is 1.46. The van der Waals surface area contributed by atoms with Crippen LogP contribution in [0.15, 0.2) is 24.3 Å². The number of rotatable bonds is 2. The Morgan fingerprint density at radius 1 is 1.04 bits per heavy atom. The molecule has 4 bridgehead atoms. The van der Waals surface area contributed by atoms with E-state index in [-0.39, 0.29) is 11.4 Å². The van der Waals surface area contributed by atoms with Crippen LogP contribution in [0.2, 0.25) is 0 Å². The number of likely N-dealkylation sites (N-methyl/N-ethyl adjacent to an activating group) is 1. The fourth-order valence-corrected chi connectivity index (χ4v) is 6.08. The van der Waals surface area contributed by atoms with Crippen molar-refractivity contribution in [2.24, 2.45) is 23.5 Å². The average molecular weight is 311 g/mol. The van der Waals surface area contributed by atoms with Crippen LogP contribution < -0.4 is 10.6 Å². The van der Waals surface area contributed by atoms with Crippen molar-refractivity contribution in [3.05, 3.63) is 29.8 Å². The molecule has 4 aliphatic carbocycles. The summed E-state index contributed by atoms with van der Waals surface area (Å²) in [7, 11) is 1.86. The summed E-state index contributed by atoms with van der Waals surface area (Å²) in [5, 5.41) is 0. The highest BCUT2D eigenvalue weighted by Gasteiger charge is 2.60. The number of carbonyl (C=O) groups excluding carboxylic acids is 1. The van der Waals surface area contributed by atoms with E-state index in [0.717, 1.165) is 36.5 Å². The number of hydrogen-bond donors (Lipinski definition) is 1. The lowest BCUT2D eigenvalue weighted by atomic mass is 9.62. The Morgan fingerprint density at radius 3 is 2.26 bits per heavy atom. The zero-order chi connectivity index (χ0) is 15.8. The quantitative estimate of drug-likeness (QED) is 0.912. The molecule has 5 fully saturated rings. The molecule has 2 amide bonds. The molecule has 4 heteroatoms. The monoisotopic (exact) mass is 311 g/mol. The number of urea groups is 1. The molecule has 0 spiro atoms. The molecule has 3 unspecified atom stereocenters. The van der Waals surface area contributed by atoms with Crippen molar-refractivity contribution in [1.29, 1.82) is 0 Å². The second kappa shape index (κ2) is 4.50. The minimum atomic E-state index is 0.104. The number of carbonyl (C=O) groups is 1. The second-order valence-electron chi connectivity index (χ2n) is 8.24. The van der Waals surface area contributed by atoms with Gasteiger partial charge in [0, 0.05) is 37.3 Å². The average Bonchev–Trinajstić information content (AvgIpc) is 3.16. The summed E-state index contributed by atoms with van der Waals surface area (Å²) in [6.45, 7) is 1.59. The highest BCUT2D eigenvalue weighted by Crippen LogP contribution is 2.64. The van der Waals surface area contributed by atoms with Crippen LogP contribution in [0.4, 0.5) is 10.5 Å². The van der Waals surface area contributed by atoms with E-state index in [1.807, 2.05) is 11.9 Å². The predicted octanol–water partition coefficient (Wildman–Crippen LogP) is 2.57. The molecule has 0 radical (unpaired) electrons. The van der Waals surface area contributed by atoms with E-state index in [1.54, 1.807) is 4.90 Å². The number of hydrogen-bond acceptors (Lipinski definition) is 2. The first-order valence-electron chi connectivity index (χ1n) is 8.97. The maximum Gasteiger partial charge on any atom is 0.324 e. The summed E-state index contributed by atoms with van der Waals surface area (Å²) in [6, 6.07) is 9.17. The van der Waals surface area contributed by atoms with E-state index in [4.69, 9.17) is 5.73 Å². The molecule has 4 nitrogen and oxygen atoms in total. The zero-order valence-electron chi connectivity index (χ0n) is 13.7. The van der Waals surface area contributed by atoms with Gasteiger partial charge in [-0.2, -0.15) is 0 Å². The van der Waals surface area contributed by atoms with Crippen LogP contribution in [0.1, 0.15) is 31.2 Å². The third-order valence-corrected chi connectivity index (χ3v) is 7.25. The van der Waals surface area contributed by atoms with E-state index in [1.165, 1.54) is 31.2 Å². The van der Waals surface area contributed by atoms with E-state index in [0.29, 0.717) is 6.04 Å². The van der Waals surface area contributed by atoms with Crippen molar-refractivity contribution < 1.29 is 4.79 Å². The van der Waals surface area contributed by atoms with Crippen LogP contribution in [0.3, 0.4) is 0 Å². The van der Waals surface area contributed by atoms with Crippen LogP contribution in [0.5, 0.6) is 0 Å². The van der Waals surface area contributed by atoms with Gasteiger partial charge in [-0.25, -0.2) is 4.79 Å². The van der Waals surface area contributed by atoms with Crippen LogP contribution in [0, 0.1) is 17.8 Å². The summed E-state index contributed by atoms with van der Waals surface area (Å²) in [4.78, 5) is 15.8. The molecule has 122 valence electrons. The van der Waals surface area contributed by atoms with Gasteiger partial charge in [0.1, 0.15) is 0 Å². The van der Waals surface area contributed by atoms with Gasteiger partial charge in [-0.3, -0.25) is 4.90 Å². The molecule has 6 rings (SSSR count). The topological polar surface area (TPSA) is 49.6 Å². The molecule has 1 aromatic rings. The lowest BCUT2D eigenvalue weighted by Gasteiger charge is -2.45. The number of benzene rings is 1. The Hall–Kier alpha value is -1.55. The van der Waals surface area contributed by atoms with E-state index >= 15 is 0 Å². The number of amides is 2. The zero-order valence-corrected chi connectivity index (χ0v) is 13.7. The van der Waals surface area contributed by atoms with Crippen molar-refractivity contribution in [3.63, 3.8) is 0 Å². The van der Waals surface area contributed by atoms with Crippen molar-refractivity contribution in [3.8, 4) is 0 Å². The van der Waals surface area contributed by atoms with Crippen LogP contribution in [0.25, 0.3) is 0 Å². The molecule has 23 heavy (non-hydrogen) atoms. The van der Waals surface area contributed by atoms with Gasteiger partial charge in [0.05, 0.1) is 0 Å². The van der Waals surface area contributed by atoms with Gasteiger partial charge in [-0.15, -0.1) is 0 Å². The third-order valence-electron chi connectivity index (χ3n) is 7.25. The standard InChI is InChI=1S/C19H25N3O/c1-21-6-7-22(18(21)23)16-4-2-15(3-5-16)19-10-13-8-12(17(19)20)9-14(13)11-19/h2-5,12-14,17H,6-11,20H2,1H3. The number of anilines is 1. The van der Waals surface area contributed by atoms with Gasteiger partial charge >= 0.3 is 6.03 Å². The van der Waals surface area contributed by atoms with Gasteiger partial charge in [0.2, 0.25) is 0 Å². The fourth-order valence-electron chi connectivity index (χ4n) is 6.08. The van der Waals surface area contributed by atoms with Crippen molar-refractivity contribution >= 4 is 11.7 Å². The molecular weight excluding hydrogens is 286 g/mol. The minimum Gasteiger partial charge on any atom is -0.327 e. The largest absolute Gasteiger partial charge is 0.327 e. The molecule has 1 heterocycles. The summed E-state index contributed by atoms with van der Waals surface area (Å²) < 4.78 is 0. The molecule has 1 aliphatic heterocycles. The Labute approximate surface area is 137 Å². The first-order valence-corrected chi connectivity index (χ1v) is 8.97. The lowest BCUT2D eigenvalue weighted by Crippen LogP contribution is -2.52. The van der Waals surface area contributed by atoms with Crippen LogP contribution in [-0.4, -0.2) is 37.1 Å². The molecule has 1 aromatic carbocycles. The lowest BCUT2D eigenvalue weighted by molar-refractivity contribution is 0.184. The molecular formula is C19H25N3O. The Morgan fingerprint density at radius 2 is 1.70 bits per heavy atom. The van der Waals surface area contributed by atoms with Crippen molar-refractivity contribution in [1.82, 2.24) is 4.90 Å². The number of nitrogens with two attached hydrogens (primary N) is 1. The fraction of sp³-hybridized carbons (Fsp3) is 0.632. The van der Waals surface area contributed by atoms with Crippen molar-refractivity contribution in [2.45, 2.75) is 37.1 Å². The molecule has 2 N–H and O–H groups in total. The molecule has 1 saturated heterocycles. The SMILES string of the molecule is CN1CCN(c2ccc(C34CC5CC(CC5C3)C4N)cc2)C1=O. The van der Waals surface area contributed by atoms with Crippen molar-refractivity contribution in [2.75, 3.05) is 25.0 Å². The summed E-state index contributed by atoms with van der Waals surface area (Å²) in [6.07, 6.45) is 5.28. The first kappa shape index (κ1) is 13.8. The molecule has 4 saturated carbocycles. The number of nitrogens with zero attached hydrogens (tertiary/aromatic N) is 2. The maximum atomic E-state index is 12.2. The normalized spacial score (nSPS) is 41.4. The maximum absolute atomic E-state index is 12.2. The van der Waals surface area contributed by atoms with Gasteiger partial charge < -0.3 is 10.6 Å². The van der Waals surface area contributed by atoms with Crippen LogP contribution in [-0.2, 0) is 5.41 Å². The van der Waals surface area contributed by atoms with Gasteiger partial charge in [-0.05, 0) is 61.1 Å². The minimum absolute atomic E-state index is 0.104. The van der Waals surface area contributed by atoms with E-state index in [2.05, 4.69) is 24.3 Å². The first-order chi connectivity index (χ1) is 11.1. The smallest absolute Gasteiger partial charge is 0.324 e. The Kier molecular flexibility index (Phi) is 2.71. The summed E-state index contributed by atoms with van der Waals surface area (Å²) >= 11 is 0. The molecule has 3 atom stereocenters. The molecule has 0 aromatic heterocycles. The summed E-state index contributed by atoms with van der Waals surface area (Å²) in [5.41, 5.74) is 9.33. The highest BCUT2D eigenvalue weighted by atomic mass is 16.2. The van der Waals surface area contributed by atoms with E-state index in [9.17, 15) is 4.79 Å². The second-order valence-corrected chi connectivity index (χ2v) is 8.24. The Bertz CT molecular complexity index is 641. The molecule has 5 aliphatic rings. The van der Waals surface area contributed by atoms with E-state index < -0.39 is 0 Å². The third kappa shape index (κ3) is 1.73. The van der Waals surface area contributed by atoms with Gasteiger partial charge in [0.25, 0.3) is 0 Å². The van der Waals surface area contributed by atoms with Crippen LogP contribution >= 0.6 is 0 Å².